The number of halogens is 1. The summed E-state index contributed by atoms with van der Waals surface area (Å²) in [6, 6.07) is 5.22. The number of sulfonamides is 1. The normalized spacial score (nSPS) is 21.4. The van der Waals surface area contributed by atoms with Crippen LogP contribution in [0.15, 0.2) is 23.1 Å². The van der Waals surface area contributed by atoms with Crippen molar-refractivity contribution < 1.29 is 13.2 Å². The molecule has 0 radical (unpaired) electrons. The third-order valence-electron chi connectivity index (χ3n) is 3.92. The maximum atomic E-state index is 12.9. The van der Waals surface area contributed by atoms with Crippen molar-refractivity contribution >= 4 is 21.6 Å². The second-order valence-corrected chi connectivity index (χ2v) is 7.49. The molecule has 0 amide bonds. The second kappa shape index (κ2) is 6.52. The van der Waals surface area contributed by atoms with Crippen LogP contribution in [0.25, 0.3) is 0 Å². The van der Waals surface area contributed by atoms with Crippen LogP contribution in [0.5, 0.6) is 5.75 Å². The first-order valence-corrected chi connectivity index (χ1v) is 8.81. The van der Waals surface area contributed by atoms with Gasteiger partial charge in [-0.25, -0.2) is 8.42 Å². The van der Waals surface area contributed by atoms with Crippen LogP contribution in [0, 0.1) is 0 Å². The molecule has 118 valence electrons. The van der Waals surface area contributed by atoms with Crippen molar-refractivity contribution in [1.82, 2.24) is 9.21 Å². The highest BCUT2D eigenvalue weighted by atomic mass is 35.5. The molecule has 1 atom stereocenters. The molecule has 1 saturated heterocycles. The van der Waals surface area contributed by atoms with Crippen molar-refractivity contribution in [3.8, 4) is 5.75 Å². The number of methoxy groups -OCH3 is 1. The zero-order valence-corrected chi connectivity index (χ0v) is 14.1. The molecule has 21 heavy (non-hydrogen) atoms. The number of benzene rings is 1. The van der Waals surface area contributed by atoms with Crippen LogP contribution in [0.3, 0.4) is 0 Å². The molecule has 1 heterocycles. The van der Waals surface area contributed by atoms with E-state index in [9.17, 15) is 8.42 Å². The number of nitrogens with zero attached hydrogens (tertiary/aromatic N) is 2. The zero-order valence-electron chi connectivity index (χ0n) is 12.5. The highest BCUT2D eigenvalue weighted by molar-refractivity contribution is 7.89. The third-order valence-corrected chi connectivity index (χ3v) is 6.12. The fourth-order valence-corrected chi connectivity index (χ4v) is 4.26. The van der Waals surface area contributed by atoms with Crippen LogP contribution >= 0.6 is 11.6 Å². The summed E-state index contributed by atoms with van der Waals surface area (Å²) in [5.41, 5.74) is 0.762. The lowest BCUT2D eigenvalue weighted by molar-refractivity contribution is 0.159. The molecule has 1 aliphatic rings. The zero-order chi connectivity index (χ0) is 15.6. The van der Waals surface area contributed by atoms with E-state index in [0.717, 1.165) is 12.1 Å². The van der Waals surface area contributed by atoms with Crippen molar-refractivity contribution in [1.29, 1.82) is 0 Å². The van der Waals surface area contributed by atoms with Crippen LogP contribution in [0.1, 0.15) is 12.5 Å². The molecular formula is C14H21ClN2O3S. The van der Waals surface area contributed by atoms with E-state index < -0.39 is 10.0 Å². The van der Waals surface area contributed by atoms with Gasteiger partial charge in [0.15, 0.2) is 0 Å². The molecule has 1 aliphatic heterocycles. The van der Waals surface area contributed by atoms with Crippen LogP contribution < -0.4 is 4.74 Å². The Hall–Kier alpha value is -0.820. The summed E-state index contributed by atoms with van der Waals surface area (Å²) in [5.74, 6) is 0.626. The van der Waals surface area contributed by atoms with E-state index in [-0.39, 0.29) is 16.8 Å². The summed E-state index contributed by atoms with van der Waals surface area (Å²) in [7, 11) is -0.0939. The van der Waals surface area contributed by atoms with E-state index in [1.54, 1.807) is 18.2 Å². The molecule has 0 spiro atoms. The van der Waals surface area contributed by atoms with Gasteiger partial charge in [0, 0.05) is 31.6 Å². The average molecular weight is 333 g/mol. The van der Waals surface area contributed by atoms with Crippen LogP contribution in [-0.2, 0) is 15.9 Å². The minimum atomic E-state index is -3.57. The van der Waals surface area contributed by atoms with Gasteiger partial charge in [-0.15, -0.1) is 11.6 Å². The highest BCUT2D eigenvalue weighted by Gasteiger charge is 2.32. The van der Waals surface area contributed by atoms with Gasteiger partial charge in [0.05, 0.1) is 7.11 Å². The molecule has 0 N–H and O–H groups in total. The van der Waals surface area contributed by atoms with Crippen molar-refractivity contribution in [2.75, 3.05) is 33.8 Å². The van der Waals surface area contributed by atoms with Gasteiger partial charge in [0.2, 0.25) is 10.0 Å². The van der Waals surface area contributed by atoms with Gasteiger partial charge in [0.25, 0.3) is 0 Å². The largest absolute Gasteiger partial charge is 0.495 e. The fraction of sp³-hybridized carbons (Fsp3) is 0.571. The van der Waals surface area contributed by atoms with Gasteiger partial charge in [-0.2, -0.15) is 4.31 Å². The average Bonchev–Trinajstić information content (AvgIpc) is 2.49. The van der Waals surface area contributed by atoms with E-state index >= 15 is 0 Å². The summed E-state index contributed by atoms with van der Waals surface area (Å²) in [5, 5.41) is 0. The minimum absolute atomic E-state index is 0.190. The number of hydrogen-bond acceptors (Lipinski definition) is 4. The summed E-state index contributed by atoms with van der Waals surface area (Å²) < 4.78 is 32.5. The number of piperazine rings is 1. The van der Waals surface area contributed by atoms with Crippen molar-refractivity contribution in [2.24, 2.45) is 0 Å². The minimum Gasteiger partial charge on any atom is -0.495 e. The standard InChI is InChI=1S/C14H21ClN2O3S/c1-11-10-17(7-6-16(11)2)21(18,19)14-8-12(9-15)4-5-13(14)20-3/h4-5,8,11H,6-7,9-10H2,1-3H3. The summed E-state index contributed by atoms with van der Waals surface area (Å²) >= 11 is 5.82. The number of likely N-dealkylation sites (N-methyl/N-ethyl adjacent to an activating group) is 1. The first-order chi connectivity index (χ1) is 9.90. The number of alkyl halides is 1. The van der Waals surface area contributed by atoms with Crippen molar-refractivity contribution in [3.63, 3.8) is 0 Å². The first-order valence-electron chi connectivity index (χ1n) is 6.83. The Morgan fingerprint density at radius 3 is 2.67 bits per heavy atom. The smallest absolute Gasteiger partial charge is 0.246 e. The molecule has 1 fully saturated rings. The quantitative estimate of drug-likeness (QED) is 0.788. The van der Waals surface area contributed by atoms with Gasteiger partial charge >= 0.3 is 0 Å². The molecule has 1 aromatic carbocycles. The molecule has 1 aromatic rings. The molecule has 1 unspecified atom stereocenters. The molecule has 7 heteroatoms. The van der Waals surface area contributed by atoms with E-state index in [1.165, 1.54) is 11.4 Å². The summed E-state index contributed by atoms with van der Waals surface area (Å²) in [6.07, 6.45) is 0. The summed E-state index contributed by atoms with van der Waals surface area (Å²) in [6.45, 7) is 3.70. The topological polar surface area (TPSA) is 49.9 Å². The maximum absolute atomic E-state index is 12.9. The lowest BCUT2D eigenvalue weighted by atomic mass is 10.2. The van der Waals surface area contributed by atoms with E-state index in [2.05, 4.69) is 4.90 Å². The molecule has 0 saturated carbocycles. The predicted octanol–water partition coefficient (Wildman–Crippen LogP) is 1.76. The molecule has 2 rings (SSSR count). The fourth-order valence-electron chi connectivity index (χ4n) is 2.38. The Kier molecular flexibility index (Phi) is 5.14. The van der Waals surface area contributed by atoms with Crippen molar-refractivity contribution in [2.45, 2.75) is 23.7 Å². The Morgan fingerprint density at radius 2 is 2.10 bits per heavy atom. The predicted molar refractivity (Wildman–Crippen MR) is 83.4 cm³/mol. The lowest BCUT2D eigenvalue weighted by Crippen LogP contribution is -2.51. The van der Waals surface area contributed by atoms with Crippen LogP contribution in [0.4, 0.5) is 0 Å². The van der Waals surface area contributed by atoms with E-state index in [0.29, 0.717) is 18.8 Å². The van der Waals surface area contributed by atoms with Gasteiger partial charge < -0.3 is 9.64 Å². The Morgan fingerprint density at radius 1 is 1.38 bits per heavy atom. The monoisotopic (exact) mass is 332 g/mol. The van der Waals surface area contributed by atoms with E-state index in [1.807, 2.05) is 14.0 Å². The van der Waals surface area contributed by atoms with Gasteiger partial charge in [-0.1, -0.05) is 6.07 Å². The number of hydrogen-bond donors (Lipinski definition) is 0. The lowest BCUT2D eigenvalue weighted by Gasteiger charge is -2.37. The highest BCUT2D eigenvalue weighted by Crippen LogP contribution is 2.29. The molecule has 0 aromatic heterocycles. The Labute approximate surface area is 131 Å². The molecular weight excluding hydrogens is 312 g/mol. The van der Waals surface area contributed by atoms with Crippen LogP contribution in [0.2, 0.25) is 0 Å². The van der Waals surface area contributed by atoms with Crippen LogP contribution in [-0.4, -0.2) is 57.5 Å². The second-order valence-electron chi connectivity index (χ2n) is 5.31. The number of rotatable bonds is 4. The first kappa shape index (κ1) is 16.5. The Bertz CT molecular complexity index is 606. The maximum Gasteiger partial charge on any atom is 0.246 e. The third kappa shape index (κ3) is 3.34. The summed E-state index contributed by atoms with van der Waals surface area (Å²) in [4.78, 5) is 2.35. The van der Waals surface area contributed by atoms with Crippen molar-refractivity contribution in [3.05, 3.63) is 23.8 Å². The Balaban J connectivity index is 2.39. The van der Waals surface area contributed by atoms with Gasteiger partial charge in [-0.3, -0.25) is 0 Å². The number of ether oxygens (including phenoxy) is 1. The SMILES string of the molecule is COc1ccc(CCl)cc1S(=O)(=O)N1CCN(C)C(C)C1. The molecule has 5 nitrogen and oxygen atoms in total. The van der Waals surface area contributed by atoms with E-state index in [4.69, 9.17) is 16.3 Å². The molecule has 0 bridgehead atoms. The van der Waals surface area contributed by atoms with Gasteiger partial charge in [-0.05, 0) is 31.7 Å². The van der Waals surface area contributed by atoms with Gasteiger partial charge in [0.1, 0.15) is 10.6 Å². The molecule has 0 aliphatic carbocycles.